The lowest BCUT2D eigenvalue weighted by molar-refractivity contribution is 0.393. The molecule has 0 radical (unpaired) electrons. The molecule has 2 aromatic heterocycles. The number of hydrogen-bond donors (Lipinski definition) is 1. The monoisotopic (exact) mass is 277 g/mol. The quantitative estimate of drug-likeness (QED) is 0.906. The summed E-state index contributed by atoms with van der Waals surface area (Å²) in [5.74, 6) is 0.789. The van der Waals surface area contributed by atoms with Gasteiger partial charge in [-0.1, -0.05) is 0 Å². The molecule has 0 saturated carbocycles. The first-order chi connectivity index (χ1) is 9.49. The molecule has 2 rings (SSSR count). The summed E-state index contributed by atoms with van der Waals surface area (Å²) in [6.07, 6.45) is 1.77. The van der Waals surface area contributed by atoms with Crippen molar-refractivity contribution in [2.75, 3.05) is 14.2 Å². The van der Waals surface area contributed by atoms with Gasteiger partial charge in [0.25, 0.3) is 0 Å². The van der Waals surface area contributed by atoms with Crippen molar-refractivity contribution in [2.24, 2.45) is 7.05 Å². The third-order valence-electron chi connectivity index (χ3n) is 3.40. The molecule has 0 bridgehead atoms. The van der Waals surface area contributed by atoms with Crippen molar-refractivity contribution < 1.29 is 4.74 Å². The van der Waals surface area contributed by atoms with Gasteiger partial charge in [-0.05, 0) is 33.9 Å². The third kappa shape index (κ3) is 2.43. The van der Waals surface area contributed by atoms with E-state index >= 15 is 0 Å². The van der Waals surface area contributed by atoms with Crippen molar-refractivity contribution in [2.45, 2.75) is 32.9 Å². The summed E-state index contributed by atoms with van der Waals surface area (Å²) < 4.78 is 9.36. The summed E-state index contributed by atoms with van der Waals surface area (Å²) in [5.41, 5.74) is 3.11. The van der Waals surface area contributed by atoms with E-state index in [2.05, 4.69) is 35.4 Å². The van der Waals surface area contributed by atoms with Gasteiger partial charge in [-0.2, -0.15) is 10.2 Å². The van der Waals surface area contributed by atoms with Crippen LogP contribution in [0.4, 0.5) is 0 Å². The summed E-state index contributed by atoms with van der Waals surface area (Å²) in [5, 5.41) is 12.2. The zero-order chi connectivity index (χ0) is 14.9. The number of nitrogens with zero attached hydrogens (tertiary/aromatic N) is 4. The van der Waals surface area contributed by atoms with E-state index in [1.165, 1.54) is 0 Å². The smallest absolute Gasteiger partial charge is 0.162 e. The van der Waals surface area contributed by atoms with Gasteiger partial charge in [-0.25, -0.2) is 0 Å². The molecule has 6 heteroatoms. The van der Waals surface area contributed by atoms with Crippen molar-refractivity contribution in [1.29, 1.82) is 0 Å². The average molecular weight is 277 g/mol. The SMILES string of the molecule is CNC(c1cc(C)nn1C)c1c(OC)cnn1C(C)C. The Kier molecular flexibility index (Phi) is 4.13. The summed E-state index contributed by atoms with van der Waals surface area (Å²) in [7, 11) is 5.56. The van der Waals surface area contributed by atoms with E-state index in [-0.39, 0.29) is 12.1 Å². The maximum Gasteiger partial charge on any atom is 0.162 e. The molecule has 6 nitrogen and oxygen atoms in total. The minimum absolute atomic E-state index is 0.0129. The van der Waals surface area contributed by atoms with Gasteiger partial charge in [0.15, 0.2) is 5.75 Å². The lowest BCUT2D eigenvalue weighted by Gasteiger charge is -2.21. The zero-order valence-electron chi connectivity index (χ0n) is 13.0. The molecule has 0 fully saturated rings. The molecule has 0 aliphatic carbocycles. The fourth-order valence-corrected chi connectivity index (χ4v) is 2.52. The number of rotatable bonds is 5. The second-order valence-corrected chi connectivity index (χ2v) is 5.19. The molecule has 1 N–H and O–H groups in total. The number of aromatic nitrogens is 4. The topological polar surface area (TPSA) is 56.9 Å². The summed E-state index contributed by atoms with van der Waals surface area (Å²) >= 11 is 0. The van der Waals surface area contributed by atoms with Crippen LogP contribution in [0, 0.1) is 6.92 Å². The van der Waals surface area contributed by atoms with E-state index in [1.807, 2.05) is 30.4 Å². The Morgan fingerprint density at radius 2 is 2.05 bits per heavy atom. The van der Waals surface area contributed by atoms with E-state index in [9.17, 15) is 0 Å². The Hall–Kier alpha value is -1.82. The van der Waals surface area contributed by atoms with Gasteiger partial charge in [0.05, 0.1) is 30.7 Å². The van der Waals surface area contributed by atoms with E-state index < -0.39 is 0 Å². The molecular weight excluding hydrogens is 254 g/mol. The standard InChI is InChI=1S/C14H23N5O/c1-9(2)19-14(12(20-6)8-16-19)13(15-4)11-7-10(3)17-18(11)5/h7-9,13,15H,1-6H3. The first-order valence-electron chi connectivity index (χ1n) is 6.78. The lowest BCUT2D eigenvalue weighted by atomic mass is 10.1. The highest BCUT2D eigenvalue weighted by Gasteiger charge is 2.26. The molecule has 2 aromatic rings. The van der Waals surface area contributed by atoms with Gasteiger partial charge < -0.3 is 10.1 Å². The van der Waals surface area contributed by atoms with Crippen LogP contribution >= 0.6 is 0 Å². The first kappa shape index (κ1) is 14.6. The zero-order valence-corrected chi connectivity index (χ0v) is 13.0. The van der Waals surface area contributed by atoms with Crippen molar-refractivity contribution in [3.63, 3.8) is 0 Å². The molecule has 0 amide bonds. The highest BCUT2D eigenvalue weighted by molar-refractivity contribution is 5.35. The average Bonchev–Trinajstić information content (AvgIpc) is 2.95. The Balaban J connectivity index is 2.56. The minimum atomic E-state index is -0.0129. The Morgan fingerprint density at radius 3 is 2.50 bits per heavy atom. The minimum Gasteiger partial charge on any atom is -0.493 e. The predicted octanol–water partition coefficient (Wildman–Crippen LogP) is 1.82. The molecule has 20 heavy (non-hydrogen) atoms. The summed E-state index contributed by atoms with van der Waals surface area (Å²) in [6, 6.07) is 2.33. The van der Waals surface area contributed by atoms with Crippen LogP contribution in [0.5, 0.6) is 5.75 Å². The second-order valence-electron chi connectivity index (χ2n) is 5.19. The molecule has 1 atom stereocenters. The number of ether oxygens (including phenoxy) is 1. The normalized spacial score (nSPS) is 12.9. The van der Waals surface area contributed by atoms with Crippen molar-refractivity contribution in [1.82, 2.24) is 24.9 Å². The number of hydrogen-bond acceptors (Lipinski definition) is 4. The van der Waals surface area contributed by atoms with Gasteiger partial charge in [0, 0.05) is 13.1 Å². The molecule has 0 spiro atoms. The maximum absolute atomic E-state index is 5.47. The third-order valence-corrected chi connectivity index (χ3v) is 3.40. The number of methoxy groups -OCH3 is 1. The van der Waals surface area contributed by atoms with Gasteiger partial charge >= 0.3 is 0 Å². The van der Waals surface area contributed by atoms with Crippen molar-refractivity contribution >= 4 is 0 Å². The van der Waals surface area contributed by atoms with Crippen LogP contribution < -0.4 is 10.1 Å². The highest BCUT2D eigenvalue weighted by atomic mass is 16.5. The van der Waals surface area contributed by atoms with Crippen LogP contribution in [0.1, 0.15) is 43.0 Å². The van der Waals surface area contributed by atoms with Crippen molar-refractivity contribution in [3.8, 4) is 5.75 Å². The molecule has 2 heterocycles. The highest BCUT2D eigenvalue weighted by Crippen LogP contribution is 2.31. The molecule has 110 valence electrons. The molecule has 0 aliphatic rings. The Morgan fingerprint density at radius 1 is 1.35 bits per heavy atom. The first-order valence-corrected chi connectivity index (χ1v) is 6.78. The van der Waals surface area contributed by atoms with Crippen LogP contribution in [0.15, 0.2) is 12.3 Å². The Labute approximate surface area is 119 Å². The van der Waals surface area contributed by atoms with Crippen LogP contribution in [-0.2, 0) is 7.05 Å². The van der Waals surface area contributed by atoms with E-state index in [4.69, 9.17) is 4.74 Å². The van der Waals surface area contributed by atoms with Crippen LogP contribution in [0.3, 0.4) is 0 Å². The molecule has 0 aromatic carbocycles. The van der Waals surface area contributed by atoms with Crippen LogP contribution in [0.2, 0.25) is 0 Å². The van der Waals surface area contributed by atoms with E-state index in [0.717, 1.165) is 22.8 Å². The Bertz CT molecular complexity index is 584. The van der Waals surface area contributed by atoms with Crippen LogP contribution in [-0.4, -0.2) is 33.7 Å². The number of aryl methyl sites for hydroxylation is 2. The molecule has 0 saturated heterocycles. The second kappa shape index (κ2) is 5.66. The number of nitrogens with one attached hydrogen (secondary N) is 1. The maximum atomic E-state index is 5.47. The molecule has 0 aliphatic heterocycles. The van der Waals surface area contributed by atoms with Gasteiger partial charge in [0.2, 0.25) is 0 Å². The largest absolute Gasteiger partial charge is 0.493 e. The van der Waals surface area contributed by atoms with Crippen LogP contribution in [0.25, 0.3) is 0 Å². The predicted molar refractivity (Wildman–Crippen MR) is 78.0 cm³/mol. The molecular formula is C14H23N5O. The fourth-order valence-electron chi connectivity index (χ4n) is 2.52. The van der Waals surface area contributed by atoms with E-state index in [1.54, 1.807) is 13.3 Å². The molecule has 1 unspecified atom stereocenters. The summed E-state index contributed by atoms with van der Waals surface area (Å²) in [4.78, 5) is 0. The van der Waals surface area contributed by atoms with Gasteiger partial charge in [0.1, 0.15) is 5.69 Å². The lowest BCUT2D eigenvalue weighted by Crippen LogP contribution is -2.25. The van der Waals surface area contributed by atoms with Gasteiger partial charge in [-0.3, -0.25) is 9.36 Å². The fraction of sp³-hybridized carbons (Fsp3) is 0.571. The van der Waals surface area contributed by atoms with Crippen molar-refractivity contribution in [3.05, 3.63) is 29.3 Å². The van der Waals surface area contributed by atoms with E-state index in [0.29, 0.717) is 0 Å². The van der Waals surface area contributed by atoms with Gasteiger partial charge in [-0.15, -0.1) is 0 Å². The summed E-state index contributed by atoms with van der Waals surface area (Å²) in [6.45, 7) is 6.21.